The molecular weight excluding hydrogens is 378 g/mol. The number of anilines is 1. The predicted molar refractivity (Wildman–Crippen MR) is 116 cm³/mol. The minimum atomic E-state index is -0.0250. The molecule has 1 aromatic carbocycles. The molecule has 4 rings (SSSR count). The van der Waals surface area contributed by atoms with Crippen molar-refractivity contribution in [3.05, 3.63) is 53.5 Å². The smallest absolute Gasteiger partial charge is 0.223 e. The predicted octanol–water partition coefficient (Wildman–Crippen LogP) is 3.61. The first kappa shape index (κ1) is 20.1. The number of hydrogen-bond acceptors (Lipinski definition) is 6. The lowest BCUT2D eigenvalue weighted by Gasteiger charge is -2.35. The first-order valence-corrected chi connectivity index (χ1v) is 10.4. The van der Waals surface area contributed by atoms with Crippen LogP contribution in [0.25, 0.3) is 11.0 Å². The summed E-state index contributed by atoms with van der Waals surface area (Å²) in [6.07, 6.45) is 4.20. The number of hydrogen-bond donors (Lipinski definition) is 1. The van der Waals surface area contributed by atoms with Gasteiger partial charge in [0, 0.05) is 13.0 Å². The van der Waals surface area contributed by atoms with Crippen molar-refractivity contribution in [3.8, 4) is 5.75 Å². The maximum Gasteiger partial charge on any atom is 0.223 e. The molecule has 0 bridgehead atoms. The van der Waals surface area contributed by atoms with Crippen LogP contribution in [0.1, 0.15) is 48.8 Å². The Kier molecular flexibility index (Phi) is 5.79. The highest BCUT2D eigenvalue weighted by Gasteiger charge is 2.29. The Hall–Kier alpha value is -3.22. The highest BCUT2D eigenvalue weighted by Crippen LogP contribution is 2.32. The third-order valence-corrected chi connectivity index (χ3v) is 5.67. The van der Waals surface area contributed by atoms with E-state index in [4.69, 9.17) is 15.5 Å². The van der Waals surface area contributed by atoms with E-state index in [1.54, 1.807) is 14.0 Å². The van der Waals surface area contributed by atoms with Crippen LogP contribution in [0.4, 0.5) is 5.82 Å². The zero-order valence-corrected chi connectivity index (χ0v) is 17.5. The molecule has 0 aliphatic carbocycles. The number of fused-ring (bicyclic) bond motifs is 1. The molecule has 0 unspecified atom stereocenters. The average molecular weight is 406 g/mol. The summed E-state index contributed by atoms with van der Waals surface area (Å²) < 4.78 is 5.20. The second kappa shape index (κ2) is 8.65. The number of methoxy groups -OCH3 is 1. The Labute approximate surface area is 176 Å². The van der Waals surface area contributed by atoms with Crippen molar-refractivity contribution >= 4 is 22.8 Å². The highest BCUT2D eigenvalue weighted by atomic mass is 16.5. The van der Waals surface area contributed by atoms with E-state index in [9.17, 15) is 4.79 Å². The van der Waals surface area contributed by atoms with Gasteiger partial charge in [-0.2, -0.15) is 0 Å². The number of carbonyl (C=O) groups excluding carboxylic acids is 1. The van der Waals surface area contributed by atoms with E-state index in [-0.39, 0.29) is 11.9 Å². The Morgan fingerprint density at radius 1 is 1.13 bits per heavy atom. The molecule has 1 aliphatic heterocycles. The number of nitrogens with zero attached hydrogens (tertiary/aromatic N) is 4. The summed E-state index contributed by atoms with van der Waals surface area (Å²) in [7, 11) is 1.65. The first-order chi connectivity index (χ1) is 14.5. The van der Waals surface area contributed by atoms with Crippen LogP contribution in [-0.2, 0) is 11.2 Å². The van der Waals surface area contributed by atoms with Crippen molar-refractivity contribution in [2.75, 3.05) is 19.4 Å². The van der Waals surface area contributed by atoms with E-state index in [0.717, 1.165) is 48.2 Å². The Balaban J connectivity index is 1.52. The maximum atomic E-state index is 13.1. The summed E-state index contributed by atoms with van der Waals surface area (Å²) in [5.74, 6) is 2.02. The van der Waals surface area contributed by atoms with Crippen LogP contribution in [0, 0.1) is 6.92 Å². The lowest BCUT2D eigenvalue weighted by molar-refractivity contribution is -0.135. The van der Waals surface area contributed by atoms with Crippen molar-refractivity contribution in [1.29, 1.82) is 0 Å². The third kappa shape index (κ3) is 4.20. The minimum Gasteiger partial charge on any atom is -0.497 e. The van der Waals surface area contributed by atoms with Crippen LogP contribution in [0.3, 0.4) is 0 Å². The number of rotatable bonds is 5. The number of pyridine rings is 1. The largest absolute Gasteiger partial charge is 0.497 e. The van der Waals surface area contributed by atoms with Crippen LogP contribution < -0.4 is 10.5 Å². The molecule has 1 aliphatic rings. The van der Waals surface area contributed by atoms with E-state index in [0.29, 0.717) is 30.1 Å². The number of likely N-dealkylation sites (tertiary alicyclic amines) is 1. The number of piperidine rings is 1. The van der Waals surface area contributed by atoms with Crippen molar-refractivity contribution in [3.63, 3.8) is 0 Å². The molecule has 3 heterocycles. The third-order valence-electron chi connectivity index (χ3n) is 5.67. The number of nitrogen functional groups attached to an aromatic ring is 1. The van der Waals surface area contributed by atoms with Gasteiger partial charge >= 0.3 is 0 Å². The van der Waals surface area contributed by atoms with E-state index in [1.807, 2.05) is 41.3 Å². The standard InChI is InChI=1S/C23H27N5O2/c1-15-25-22(24)18-11-12-19(27-23(18)26-15)20-5-3-4-14-28(20)21(29)13-8-16-6-9-17(30-2)10-7-16/h6-7,9-12,20H,3-5,8,13-14H2,1-2H3,(H2,24,25,26,27)/t20-/m1/s1. The molecule has 0 spiro atoms. The fraction of sp³-hybridized carbons (Fsp3) is 0.391. The van der Waals surface area contributed by atoms with E-state index >= 15 is 0 Å². The minimum absolute atomic E-state index is 0.0250. The van der Waals surface area contributed by atoms with Gasteiger partial charge < -0.3 is 15.4 Å². The molecule has 7 heteroatoms. The number of carbonyl (C=O) groups is 1. The van der Waals surface area contributed by atoms with Gasteiger partial charge in [0.25, 0.3) is 0 Å². The molecule has 3 aromatic rings. The summed E-state index contributed by atoms with van der Waals surface area (Å²) in [5, 5.41) is 0.748. The van der Waals surface area contributed by atoms with Gasteiger partial charge in [0.05, 0.1) is 24.2 Å². The molecular formula is C23H27N5O2. The molecule has 1 amide bonds. The zero-order valence-electron chi connectivity index (χ0n) is 17.5. The summed E-state index contributed by atoms with van der Waals surface area (Å²) in [4.78, 5) is 28.5. The lowest BCUT2D eigenvalue weighted by atomic mass is 9.97. The van der Waals surface area contributed by atoms with Gasteiger partial charge in [-0.25, -0.2) is 15.0 Å². The lowest BCUT2D eigenvalue weighted by Crippen LogP contribution is -2.39. The SMILES string of the molecule is COc1ccc(CCC(=O)N2CCCC[C@@H]2c2ccc3c(N)nc(C)nc3n2)cc1. The highest BCUT2D eigenvalue weighted by molar-refractivity contribution is 5.85. The normalized spacial score (nSPS) is 16.6. The number of ether oxygens (including phenoxy) is 1. The first-order valence-electron chi connectivity index (χ1n) is 10.4. The van der Waals surface area contributed by atoms with Gasteiger partial charge in [-0.3, -0.25) is 4.79 Å². The second-order valence-corrected chi connectivity index (χ2v) is 7.71. The molecule has 0 saturated carbocycles. The van der Waals surface area contributed by atoms with E-state index in [1.165, 1.54) is 0 Å². The number of aromatic nitrogens is 3. The van der Waals surface area contributed by atoms with Gasteiger partial charge in [0.2, 0.25) is 5.91 Å². The van der Waals surface area contributed by atoms with Crippen LogP contribution in [0.15, 0.2) is 36.4 Å². The molecule has 30 heavy (non-hydrogen) atoms. The van der Waals surface area contributed by atoms with E-state index in [2.05, 4.69) is 9.97 Å². The summed E-state index contributed by atoms with van der Waals surface area (Å²) in [6.45, 7) is 2.57. The fourth-order valence-electron chi connectivity index (χ4n) is 4.07. The number of nitrogens with two attached hydrogens (primary N) is 1. The monoisotopic (exact) mass is 405 g/mol. The summed E-state index contributed by atoms with van der Waals surface area (Å²) in [6, 6.07) is 11.7. The van der Waals surface area contributed by atoms with Crippen LogP contribution in [0.2, 0.25) is 0 Å². The topological polar surface area (TPSA) is 94.2 Å². The van der Waals surface area contributed by atoms with Gasteiger partial charge in [-0.1, -0.05) is 12.1 Å². The van der Waals surface area contributed by atoms with Gasteiger partial charge in [-0.15, -0.1) is 0 Å². The molecule has 1 fully saturated rings. The summed E-state index contributed by atoms with van der Waals surface area (Å²) in [5.41, 5.74) is 8.60. The fourth-order valence-corrected chi connectivity index (χ4v) is 4.07. The second-order valence-electron chi connectivity index (χ2n) is 7.71. The molecule has 7 nitrogen and oxygen atoms in total. The summed E-state index contributed by atoms with van der Waals surface area (Å²) >= 11 is 0. The maximum absolute atomic E-state index is 13.1. The molecule has 2 aromatic heterocycles. The van der Waals surface area contributed by atoms with Gasteiger partial charge in [0.15, 0.2) is 5.65 Å². The number of aryl methyl sites for hydroxylation is 2. The van der Waals surface area contributed by atoms with E-state index < -0.39 is 0 Å². The Morgan fingerprint density at radius 2 is 1.93 bits per heavy atom. The van der Waals surface area contributed by atoms with Crippen molar-refractivity contribution in [2.45, 2.75) is 45.1 Å². The van der Waals surface area contributed by atoms with Crippen molar-refractivity contribution in [2.24, 2.45) is 0 Å². The number of amides is 1. The molecule has 1 saturated heterocycles. The molecule has 0 radical (unpaired) electrons. The van der Waals surface area contributed by atoms with Gasteiger partial charge in [-0.05, 0) is 62.4 Å². The van der Waals surface area contributed by atoms with Gasteiger partial charge in [0.1, 0.15) is 17.4 Å². The van der Waals surface area contributed by atoms with Crippen molar-refractivity contribution < 1.29 is 9.53 Å². The van der Waals surface area contributed by atoms with Crippen LogP contribution >= 0.6 is 0 Å². The van der Waals surface area contributed by atoms with Crippen LogP contribution in [-0.4, -0.2) is 39.4 Å². The molecule has 1 atom stereocenters. The zero-order chi connectivity index (χ0) is 21.1. The van der Waals surface area contributed by atoms with Crippen molar-refractivity contribution in [1.82, 2.24) is 19.9 Å². The number of benzene rings is 1. The van der Waals surface area contributed by atoms with Crippen LogP contribution in [0.5, 0.6) is 5.75 Å². The Bertz CT molecular complexity index is 1050. The Morgan fingerprint density at radius 3 is 2.70 bits per heavy atom. The molecule has 156 valence electrons. The molecule has 2 N–H and O–H groups in total. The average Bonchev–Trinajstić information content (AvgIpc) is 2.77. The quantitative estimate of drug-likeness (QED) is 0.697.